The second-order valence-electron chi connectivity index (χ2n) is 7.83. The lowest BCUT2D eigenvalue weighted by Gasteiger charge is -2.38. The summed E-state index contributed by atoms with van der Waals surface area (Å²) in [6.45, 7) is 14.9. The third kappa shape index (κ3) is 5.41. The van der Waals surface area contributed by atoms with Crippen LogP contribution in [0.2, 0.25) is 0 Å². The maximum Gasteiger partial charge on any atom is 0.317 e. The van der Waals surface area contributed by atoms with E-state index in [1.807, 2.05) is 30.0 Å². The van der Waals surface area contributed by atoms with Crippen molar-refractivity contribution in [2.45, 2.75) is 32.7 Å². The Kier molecular flexibility index (Phi) is 7.20. The summed E-state index contributed by atoms with van der Waals surface area (Å²) in [5.41, 5.74) is 2.32. The van der Waals surface area contributed by atoms with Crippen LogP contribution in [-0.2, 0) is 0 Å². The van der Waals surface area contributed by atoms with Crippen LogP contribution < -0.4 is 15.0 Å². The van der Waals surface area contributed by atoms with Gasteiger partial charge in [-0.25, -0.2) is 4.79 Å². The first-order valence-corrected chi connectivity index (χ1v) is 10.5. The Morgan fingerprint density at radius 2 is 1.82 bits per heavy atom. The van der Waals surface area contributed by atoms with Crippen LogP contribution in [0.15, 0.2) is 36.4 Å². The zero-order valence-corrected chi connectivity index (χ0v) is 17.3. The quantitative estimate of drug-likeness (QED) is 0.764. The van der Waals surface area contributed by atoms with Crippen LogP contribution in [0.5, 0.6) is 5.75 Å². The molecule has 0 aromatic heterocycles. The molecule has 1 aromatic carbocycles. The number of anilines is 1. The minimum atomic E-state index is 0.0797. The third-order valence-corrected chi connectivity index (χ3v) is 5.48. The van der Waals surface area contributed by atoms with Crippen LogP contribution in [0.3, 0.4) is 0 Å². The smallest absolute Gasteiger partial charge is 0.317 e. The number of nitrogens with zero attached hydrogens (tertiary/aromatic N) is 3. The Morgan fingerprint density at radius 3 is 2.46 bits per heavy atom. The molecular formula is C22H34N4O2. The van der Waals surface area contributed by atoms with Gasteiger partial charge in [0.2, 0.25) is 0 Å². The van der Waals surface area contributed by atoms with Gasteiger partial charge >= 0.3 is 6.03 Å². The molecule has 0 unspecified atom stereocenters. The molecule has 154 valence electrons. The molecular weight excluding hydrogens is 352 g/mol. The molecule has 0 aliphatic carbocycles. The molecule has 0 saturated carbocycles. The van der Waals surface area contributed by atoms with E-state index in [0.29, 0.717) is 6.61 Å². The fourth-order valence-corrected chi connectivity index (χ4v) is 4.03. The average molecular weight is 387 g/mol. The molecule has 0 bridgehead atoms. The normalized spacial score (nSPS) is 18.8. The molecule has 2 heterocycles. The fraction of sp³-hybridized carbons (Fsp3) is 0.591. The molecule has 1 aromatic rings. The zero-order chi connectivity index (χ0) is 19.9. The monoisotopic (exact) mass is 386 g/mol. The Balaban J connectivity index is 1.45. The van der Waals surface area contributed by atoms with E-state index in [1.165, 1.54) is 5.57 Å². The number of rotatable bonds is 6. The number of ether oxygens (including phenoxy) is 1. The summed E-state index contributed by atoms with van der Waals surface area (Å²) in [4.78, 5) is 19.4. The van der Waals surface area contributed by atoms with E-state index in [9.17, 15) is 4.79 Å². The van der Waals surface area contributed by atoms with E-state index >= 15 is 0 Å². The van der Waals surface area contributed by atoms with Crippen molar-refractivity contribution >= 4 is 11.7 Å². The number of carbonyl (C=O) groups is 1. The van der Waals surface area contributed by atoms with Gasteiger partial charge in [0, 0.05) is 51.9 Å². The van der Waals surface area contributed by atoms with Gasteiger partial charge in [-0.1, -0.05) is 24.3 Å². The molecule has 3 rings (SSSR count). The van der Waals surface area contributed by atoms with Crippen LogP contribution in [-0.4, -0.2) is 74.3 Å². The maximum atomic E-state index is 12.7. The first kappa shape index (κ1) is 20.5. The highest BCUT2D eigenvalue weighted by molar-refractivity contribution is 5.75. The number of nitrogens with one attached hydrogen (secondary N) is 1. The Morgan fingerprint density at radius 1 is 1.14 bits per heavy atom. The lowest BCUT2D eigenvalue weighted by molar-refractivity contribution is 0.173. The lowest BCUT2D eigenvalue weighted by Crippen LogP contribution is -2.55. The van der Waals surface area contributed by atoms with Crippen LogP contribution >= 0.6 is 0 Å². The minimum Gasteiger partial charge on any atom is -0.492 e. The Bertz CT molecular complexity index is 662. The number of urea groups is 1. The van der Waals surface area contributed by atoms with Crippen LogP contribution in [0, 0.1) is 0 Å². The van der Waals surface area contributed by atoms with Gasteiger partial charge in [-0.2, -0.15) is 0 Å². The van der Waals surface area contributed by atoms with Crippen molar-refractivity contribution in [1.29, 1.82) is 0 Å². The maximum absolute atomic E-state index is 12.7. The van der Waals surface area contributed by atoms with Gasteiger partial charge in [0.1, 0.15) is 5.75 Å². The topological polar surface area (TPSA) is 48.1 Å². The molecule has 0 spiro atoms. The fourth-order valence-electron chi connectivity index (χ4n) is 4.03. The molecule has 2 aliphatic heterocycles. The highest BCUT2D eigenvalue weighted by atomic mass is 16.5. The van der Waals surface area contributed by atoms with Crippen molar-refractivity contribution in [1.82, 2.24) is 15.1 Å². The minimum absolute atomic E-state index is 0.0797. The van der Waals surface area contributed by atoms with Crippen LogP contribution in [0.1, 0.15) is 26.7 Å². The number of piperazine rings is 1. The Labute approximate surface area is 169 Å². The van der Waals surface area contributed by atoms with Gasteiger partial charge in [0.25, 0.3) is 0 Å². The number of hydrogen-bond acceptors (Lipinski definition) is 4. The molecule has 6 nitrogen and oxygen atoms in total. The van der Waals surface area contributed by atoms with Crippen LogP contribution in [0.4, 0.5) is 10.5 Å². The van der Waals surface area contributed by atoms with E-state index in [1.54, 1.807) is 0 Å². The van der Waals surface area contributed by atoms with Gasteiger partial charge in [-0.15, -0.1) is 0 Å². The number of para-hydroxylation sites is 2. The summed E-state index contributed by atoms with van der Waals surface area (Å²) in [7, 11) is 0. The van der Waals surface area contributed by atoms with Gasteiger partial charge in [-0.3, -0.25) is 4.90 Å². The number of likely N-dealkylation sites (tertiary alicyclic amines) is 1. The van der Waals surface area contributed by atoms with Gasteiger partial charge in [0.05, 0.1) is 12.3 Å². The van der Waals surface area contributed by atoms with Gasteiger partial charge in [-0.05, 0) is 38.8 Å². The van der Waals surface area contributed by atoms with Crippen molar-refractivity contribution < 1.29 is 9.53 Å². The molecule has 6 heteroatoms. The average Bonchev–Trinajstić information content (AvgIpc) is 2.70. The molecule has 1 N–H and O–H groups in total. The van der Waals surface area contributed by atoms with E-state index in [4.69, 9.17) is 4.74 Å². The van der Waals surface area contributed by atoms with E-state index in [-0.39, 0.29) is 12.1 Å². The van der Waals surface area contributed by atoms with Gasteiger partial charge < -0.3 is 19.9 Å². The largest absolute Gasteiger partial charge is 0.492 e. The SMILES string of the molecule is C=C(C)CN1CCC(NC(=O)N2CCN(c3ccccc3OCC)CC2)CC1. The Hall–Kier alpha value is -2.21. The van der Waals surface area contributed by atoms with Crippen molar-refractivity contribution in [3.05, 3.63) is 36.4 Å². The number of piperidine rings is 1. The van der Waals surface area contributed by atoms with Crippen molar-refractivity contribution in [3.8, 4) is 5.75 Å². The number of carbonyl (C=O) groups excluding carboxylic acids is 1. The molecule has 0 radical (unpaired) electrons. The number of amides is 2. The summed E-state index contributed by atoms with van der Waals surface area (Å²) < 4.78 is 5.75. The summed E-state index contributed by atoms with van der Waals surface area (Å²) in [6.07, 6.45) is 2.03. The number of benzene rings is 1. The molecule has 2 fully saturated rings. The standard InChI is InChI=1S/C22H34N4O2/c1-4-28-21-8-6-5-7-20(21)25-13-15-26(16-14-25)22(27)23-19-9-11-24(12-10-19)17-18(2)3/h5-8,19H,2,4,9-17H2,1,3H3,(H,23,27). The predicted octanol–water partition coefficient (Wildman–Crippen LogP) is 2.96. The second kappa shape index (κ2) is 9.82. The van der Waals surface area contributed by atoms with E-state index < -0.39 is 0 Å². The molecule has 28 heavy (non-hydrogen) atoms. The summed E-state index contributed by atoms with van der Waals surface area (Å²) in [6, 6.07) is 8.51. The van der Waals surface area contributed by atoms with Crippen molar-refractivity contribution in [2.75, 3.05) is 57.3 Å². The first-order valence-electron chi connectivity index (χ1n) is 10.5. The first-order chi connectivity index (χ1) is 13.6. The highest BCUT2D eigenvalue weighted by Gasteiger charge is 2.26. The van der Waals surface area contributed by atoms with Gasteiger partial charge in [0.15, 0.2) is 0 Å². The zero-order valence-electron chi connectivity index (χ0n) is 17.3. The molecule has 2 saturated heterocycles. The number of hydrogen-bond donors (Lipinski definition) is 1. The van der Waals surface area contributed by atoms with Crippen molar-refractivity contribution in [2.24, 2.45) is 0 Å². The predicted molar refractivity (Wildman–Crippen MR) is 114 cm³/mol. The molecule has 0 atom stereocenters. The second-order valence-corrected chi connectivity index (χ2v) is 7.83. The molecule has 2 aliphatic rings. The highest BCUT2D eigenvalue weighted by Crippen LogP contribution is 2.28. The lowest BCUT2D eigenvalue weighted by atomic mass is 10.0. The summed E-state index contributed by atoms with van der Waals surface area (Å²) >= 11 is 0. The molecule has 2 amide bonds. The van der Waals surface area contributed by atoms with Crippen LogP contribution in [0.25, 0.3) is 0 Å². The van der Waals surface area contributed by atoms with Crippen molar-refractivity contribution in [3.63, 3.8) is 0 Å². The van der Waals surface area contributed by atoms with E-state index in [2.05, 4.69) is 34.7 Å². The summed E-state index contributed by atoms with van der Waals surface area (Å²) in [5.74, 6) is 0.921. The van der Waals surface area contributed by atoms with E-state index in [0.717, 1.165) is 70.1 Å². The summed E-state index contributed by atoms with van der Waals surface area (Å²) in [5, 5.41) is 3.24. The third-order valence-electron chi connectivity index (χ3n) is 5.48.